The molecule has 0 atom stereocenters. The summed E-state index contributed by atoms with van der Waals surface area (Å²) in [5.74, 6) is -0.293. The smallest absolute Gasteiger partial charge is 0.319 e. The Bertz CT molecular complexity index is 583. The van der Waals surface area contributed by atoms with Gasteiger partial charge in [0.1, 0.15) is 5.69 Å². The third-order valence-electron chi connectivity index (χ3n) is 2.68. The van der Waals surface area contributed by atoms with Crippen molar-refractivity contribution in [3.63, 3.8) is 0 Å². The number of likely N-dealkylation sites (N-methyl/N-ethyl adjacent to an activating group) is 1. The summed E-state index contributed by atoms with van der Waals surface area (Å²) in [5, 5.41) is 2.55. The minimum atomic E-state index is -0.497. The summed E-state index contributed by atoms with van der Waals surface area (Å²) in [4.78, 5) is 36.9. The lowest BCUT2D eigenvalue weighted by Crippen LogP contribution is -2.41. The van der Waals surface area contributed by atoms with Gasteiger partial charge >= 0.3 is 5.69 Å². The average Bonchev–Trinajstić information content (AvgIpc) is 2.29. The van der Waals surface area contributed by atoms with Gasteiger partial charge in [-0.05, 0) is 21.0 Å². The number of aromatic nitrogens is 2. The second kappa shape index (κ2) is 5.18. The molecule has 0 bridgehead atoms. The van der Waals surface area contributed by atoms with Gasteiger partial charge in [0.2, 0.25) is 5.91 Å². The van der Waals surface area contributed by atoms with Crippen LogP contribution >= 0.6 is 0 Å². The Kier molecular flexibility index (Phi) is 4.07. The molecule has 0 saturated carbocycles. The second-order valence-electron chi connectivity index (χ2n) is 4.45. The number of nitrogens with zero attached hydrogens (tertiary/aromatic N) is 3. The van der Waals surface area contributed by atoms with Crippen molar-refractivity contribution < 1.29 is 4.79 Å². The number of nitrogens with one attached hydrogen (secondary N) is 1. The van der Waals surface area contributed by atoms with E-state index >= 15 is 0 Å². The van der Waals surface area contributed by atoms with E-state index in [1.807, 2.05) is 0 Å². The first-order valence-corrected chi connectivity index (χ1v) is 5.47. The maximum Gasteiger partial charge on any atom is 0.330 e. The molecule has 1 rings (SSSR count). The van der Waals surface area contributed by atoms with E-state index in [2.05, 4.69) is 5.32 Å². The van der Waals surface area contributed by atoms with Gasteiger partial charge in [0.05, 0.1) is 6.54 Å². The zero-order chi connectivity index (χ0) is 14.0. The molecule has 1 heterocycles. The fourth-order valence-electron chi connectivity index (χ4n) is 1.56. The fourth-order valence-corrected chi connectivity index (χ4v) is 1.56. The van der Waals surface area contributed by atoms with Crippen LogP contribution in [0.2, 0.25) is 0 Å². The monoisotopic (exact) mass is 254 g/mol. The molecule has 18 heavy (non-hydrogen) atoms. The van der Waals surface area contributed by atoms with Crippen molar-refractivity contribution in [1.29, 1.82) is 0 Å². The Hall–Kier alpha value is -1.89. The van der Waals surface area contributed by atoms with Crippen molar-refractivity contribution in [3.8, 4) is 0 Å². The molecule has 1 N–H and O–H groups in total. The number of carbonyl (C=O) groups is 1. The quantitative estimate of drug-likeness (QED) is 0.742. The lowest BCUT2D eigenvalue weighted by Gasteiger charge is -2.14. The van der Waals surface area contributed by atoms with Gasteiger partial charge in [-0.25, -0.2) is 4.79 Å². The third kappa shape index (κ3) is 2.67. The normalized spacial score (nSPS) is 10.8. The van der Waals surface area contributed by atoms with Crippen molar-refractivity contribution in [2.45, 2.75) is 6.92 Å². The van der Waals surface area contributed by atoms with E-state index in [9.17, 15) is 14.4 Å². The molecule has 0 unspecified atom stereocenters. The summed E-state index contributed by atoms with van der Waals surface area (Å²) in [5.41, 5.74) is -0.326. The highest BCUT2D eigenvalue weighted by atomic mass is 16.2. The van der Waals surface area contributed by atoms with Crippen LogP contribution in [-0.2, 0) is 18.9 Å². The highest BCUT2D eigenvalue weighted by Gasteiger charge is 2.14. The van der Waals surface area contributed by atoms with Crippen LogP contribution in [0.1, 0.15) is 5.69 Å². The number of carbonyl (C=O) groups excluding carboxylic acids is 1. The van der Waals surface area contributed by atoms with Crippen LogP contribution < -0.4 is 16.6 Å². The minimum Gasteiger partial charge on any atom is -0.319 e. The predicted octanol–water partition coefficient (Wildman–Crippen LogP) is -1.11. The first kappa shape index (κ1) is 14.2. The largest absolute Gasteiger partial charge is 0.330 e. The van der Waals surface area contributed by atoms with Gasteiger partial charge in [-0.15, -0.1) is 0 Å². The SMILES string of the molecule is Cc1c(NC(=O)CN(C)C)c(=O)n(C)c(=O)n1C. The summed E-state index contributed by atoms with van der Waals surface area (Å²) in [6.07, 6.45) is 0. The van der Waals surface area contributed by atoms with Crippen LogP contribution in [0, 0.1) is 6.92 Å². The lowest BCUT2D eigenvalue weighted by atomic mass is 10.3. The second-order valence-corrected chi connectivity index (χ2v) is 4.45. The van der Waals surface area contributed by atoms with Crippen molar-refractivity contribution in [3.05, 3.63) is 26.5 Å². The predicted molar refractivity (Wildman–Crippen MR) is 68.8 cm³/mol. The molecule has 1 aromatic heterocycles. The molecule has 100 valence electrons. The maximum absolute atomic E-state index is 11.9. The Morgan fingerprint density at radius 2 is 1.78 bits per heavy atom. The third-order valence-corrected chi connectivity index (χ3v) is 2.68. The summed E-state index contributed by atoms with van der Waals surface area (Å²) < 4.78 is 2.30. The molecule has 7 nitrogen and oxygen atoms in total. The van der Waals surface area contributed by atoms with Crippen LogP contribution in [-0.4, -0.2) is 40.6 Å². The van der Waals surface area contributed by atoms with E-state index in [0.29, 0.717) is 5.69 Å². The molecule has 0 spiro atoms. The van der Waals surface area contributed by atoms with Crippen LogP contribution in [0.5, 0.6) is 0 Å². The van der Waals surface area contributed by atoms with Gasteiger partial charge in [0.15, 0.2) is 0 Å². The summed E-state index contributed by atoms with van der Waals surface area (Å²) in [6, 6.07) is 0. The molecule has 0 radical (unpaired) electrons. The first-order valence-electron chi connectivity index (χ1n) is 5.47. The van der Waals surface area contributed by atoms with E-state index < -0.39 is 11.2 Å². The minimum absolute atomic E-state index is 0.145. The molecule has 7 heteroatoms. The standard InChI is InChI=1S/C11H18N4O3/c1-7-9(12-8(16)6-13(2)3)10(17)15(5)11(18)14(7)4/h6H2,1-5H3,(H,12,16). The van der Waals surface area contributed by atoms with Gasteiger partial charge in [0, 0.05) is 19.8 Å². The highest BCUT2D eigenvalue weighted by Crippen LogP contribution is 2.04. The molecule has 1 aromatic rings. The van der Waals surface area contributed by atoms with E-state index in [0.717, 1.165) is 4.57 Å². The van der Waals surface area contributed by atoms with Gasteiger partial charge in [-0.3, -0.25) is 18.7 Å². The zero-order valence-electron chi connectivity index (χ0n) is 11.3. The van der Waals surface area contributed by atoms with Crippen molar-refractivity contribution in [2.75, 3.05) is 26.0 Å². The van der Waals surface area contributed by atoms with E-state index in [1.54, 1.807) is 33.0 Å². The number of hydrogen-bond donors (Lipinski definition) is 1. The summed E-state index contributed by atoms with van der Waals surface area (Å²) in [7, 11) is 6.45. The molecule has 0 aliphatic heterocycles. The van der Waals surface area contributed by atoms with Crippen molar-refractivity contribution >= 4 is 11.6 Å². The van der Waals surface area contributed by atoms with Crippen molar-refractivity contribution in [2.24, 2.45) is 14.1 Å². The number of anilines is 1. The number of hydrogen-bond acceptors (Lipinski definition) is 4. The lowest BCUT2D eigenvalue weighted by molar-refractivity contribution is -0.116. The zero-order valence-corrected chi connectivity index (χ0v) is 11.3. The number of amides is 1. The van der Waals surface area contributed by atoms with Crippen LogP contribution in [0.4, 0.5) is 5.69 Å². The van der Waals surface area contributed by atoms with Crippen LogP contribution in [0.25, 0.3) is 0 Å². The Morgan fingerprint density at radius 1 is 1.22 bits per heavy atom. The Balaban J connectivity index is 3.23. The summed E-state index contributed by atoms with van der Waals surface area (Å²) in [6.45, 7) is 1.79. The summed E-state index contributed by atoms with van der Waals surface area (Å²) >= 11 is 0. The molecule has 0 aromatic carbocycles. The molecule has 0 saturated heterocycles. The fraction of sp³-hybridized carbons (Fsp3) is 0.545. The molecule has 0 fully saturated rings. The van der Waals surface area contributed by atoms with Crippen molar-refractivity contribution in [1.82, 2.24) is 14.0 Å². The van der Waals surface area contributed by atoms with Gasteiger partial charge in [0.25, 0.3) is 5.56 Å². The molecule has 1 amide bonds. The molecular formula is C11H18N4O3. The van der Waals surface area contributed by atoms with Crippen LogP contribution in [0.15, 0.2) is 9.59 Å². The molecule has 0 aliphatic rings. The van der Waals surface area contributed by atoms with Gasteiger partial charge in [-0.1, -0.05) is 0 Å². The molecule has 0 aliphatic carbocycles. The van der Waals surface area contributed by atoms with E-state index in [4.69, 9.17) is 0 Å². The first-order chi connectivity index (χ1) is 8.25. The highest BCUT2D eigenvalue weighted by molar-refractivity contribution is 5.92. The average molecular weight is 254 g/mol. The topological polar surface area (TPSA) is 76.3 Å². The van der Waals surface area contributed by atoms with Gasteiger partial charge < -0.3 is 10.2 Å². The Labute approximate surface area is 105 Å². The maximum atomic E-state index is 11.9. The van der Waals surface area contributed by atoms with E-state index in [-0.39, 0.29) is 18.1 Å². The van der Waals surface area contributed by atoms with E-state index in [1.165, 1.54) is 11.6 Å². The Morgan fingerprint density at radius 3 is 2.28 bits per heavy atom. The van der Waals surface area contributed by atoms with Crippen LogP contribution in [0.3, 0.4) is 0 Å². The molecular weight excluding hydrogens is 236 g/mol. The number of rotatable bonds is 3. The van der Waals surface area contributed by atoms with Gasteiger partial charge in [-0.2, -0.15) is 0 Å².